The molecule has 6 heteroatoms. The highest BCUT2D eigenvalue weighted by atomic mass is 16.7. The van der Waals surface area contributed by atoms with Crippen LogP contribution in [0.25, 0.3) is 11.1 Å². The minimum atomic E-state index is -0.163. The largest absolute Gasteiger partial charge is 0.454 e. The molecular weight excluding hydrogens is 404 g/mol. The minimum absolute atomic E-state index is 0.163. The van der Waals surface area contributed by atoms with Gasteiger partial charge in [0, 0.05) is 31.6 Å². The lowest BCUT2D eigenvalue weighted by Gasteiger charge is -2.16. The summed E-state index contributed by atoms with van der Waals surface area (Å²) in [4.78, 5) is 26.4. The zero-order chi connectivity index (χ0) is 21.9. The first-order valence-electron chi connectivity index (χ1n) is 10.8. The molecule has 5 rings (SSSR count). The van der Waals surface area contributed by atoms with Gasteiger partial charge in [-0.2, -0.15) is 0 Å². The summed E-state index contributed by atoms with van der Waals surface area (Å²) in [7, 11) is 0. The smallest absolute Gasteiger partial charge is 0.251 e. The van der Waals surface area contributed by atoms with Gasteiger partial charge >= 0.3 is 0 Å². The van der Waals surface area contributed by atoms with Crippen molar-refractivity contribution in [3.05, 3.63) is 83.4 Å². The number of fused-ring (bicyclic) bond motifs is 1. The molecule has 0 atom stereocenters. The second kappa shape index (κ2) is 8.75. The monoisotopic (exact) mass is 428 g/mol. The van der Waals surface area contributed by atoms with Gasteiger partial charge in [0.15, 0.2) is 11.5 Å². The lowest BCUT2D eigenvalue weighted by atomic mass is 9.98. The Hall–Kier alpha value is -3.80. The average Bonchev–Trinajstić information content (AvgIpc) is 3.46. The molecule has 2 heterocycles. The summed E-state index contributed by atoms with van der Waals surface area (Å²) in [5.74, 6) is 1.32. The van der Waals surface area contributed by atoms with Gasteiger partial charge in [-0.05, 0) is 46.9 Å². The number of benzene rings is 3. The van der Waals surface area contributed by atoms with E-state index < -0.39 is 0 Å². The normalized spacial score (nSPS) is 14.6. The van der Waals surface area contributed by atoms with Crippen LogP contribution in [-0.2, 0) is 17.9 Å². The summed E-state index contributed by atoms with van der Waals surface area (Å²) in [5.41, 5.74) is 4.84. The van der Waals surface area contributed by atoms with E-state index in [0.717, 1.165) is 35.2 Å². The molecule has 0 aromatic heterocycles. The van der Waals surface area contributed by atoms with E-state index in [1.54, 1.807) is 18.2 Å². The number of carbonyl (C=O) groups excluding carboxylic acids is 2. The number of hydrogen-bond donors (Lipinski definition) is 1. The Morgan fingerprint density at radius 2 is 1.78 bits per heavy atom. The quantitative estimate of drug-likeness (QED) is 0.641. The van der Waals surface area contributed by atoms with Crippen LogP contribution in [0.2, 0.25) is 0 Å². The highest BCUT2D eigenvalue weighted by Gasteiger charge is 2.20. The molecular formula is C26H24N2O4. The molecule has 2 aliphatic rings. The van der Waals surface area contributed by atoms with Gasteiger partial charge in [-0.15, -0.1) is 0 Å². The molecule has 3 aromatic carbocycles. The van der Waals surface area contributed by atoms with Crippen molar-refractivity contribution >= 4 is 11.8 Å². The van der Waals surface area contributed by atoms with Crippen molar-refractivity contribution in [2.24, 2.45) is 0 Å². The fourth-order valence-electron chi connectivity index (χ4n) is 4.15. The second-order valence-corrected chi connectivity index (χ2v) is 8.02. The third kappa shape index (κ3) is 4.17. The van der Waals surface area contributed by atoms with Crippen LogP contribution in [-0.4, -0.2) is 30.1 Å². The topological polar surface area (TPSA) is 67.9 Å². The second-order valence-electron chi connectivity index (χ2n) is 8.02. The van der Waals surface area contributed by atoms with Crippen molar-refractivity contribution in [1.29, 1.82) is 0 Å². The molecule has 1 fully saturated rings. The van der Waals surface area contributed by atoms with E-state index in [9.17, 15) is 9.59 Å². The lowest BCUT2D eigenvalue weighted by molar-refractivity contribution is -0.128. The van der Waals surface area contributed by atoms with Gasteiger partial charge in [0.1, 0.15) is 0 Å². The Balaban J connectivity index is 1.27. The standard InChI is InChI=1S/C26H24N2O4/c29-25-6-3-13-28(25)16-18-7-9-19(10-8-18)22-5-2-1-4-21(22)15-27-26(30)20-11-12-23-24(14-20)32-17-31-23/h1-2,4-5,7-12,14H,3,6,13,15-17H2,(H,27,30). The van der Waals surface area contributed by atoms with E-state index in [-0.39, 0.29) is 18.6 Å². The maximum atomic E-state index is 12.7. The summed E-state index contributed by atoms with van der Waals surface area (Å²) in [6, 6.07) is 21.5. The van der Waals surface area contributed by atoms with Crippen LogP contribution in [0.3, 0.4) is 0 Å². The molecule has 0 spiro atoms. The Morgan fingerprint density at radius 1 is 0.969 bits per heavy atom. The van der Waals surface area contributed by atoms with Gasteiger partial charge in [0.25, 0.3) is 5.91 Å². The molecule has 3 aromatic rings. The van der Waals surface area contributed by atoms with Gasteiger partial charge in [0.2, 0.25) is 12.7 Å². The number of carbonyl (C=O) groups is 2. The first kappa shape index (κ1) is 20.1. The molecule has 6 nitrogen and oxygen atoms in total. The fourth-order valence-corrected chi connectivity index (χ4v) is 4.15. The highest BCUT2D eigenvalue weighted by Crippen LogP contribution is 2.32. The molecule has 1 saturated heterocycles. The first-order chi connectivity index (χ1) is 15.7. The molecule has 0 unspecified atom stereocenters. The predicted molar refractivity (Wildman–Crippen MR) is 120 cm³/mol. The Kier molecular flexibility index (Phi) is 5.50. The van der Waals surface area contributed by atoms with Crippen LogP contribution in [0.1, 0.15) is 34.3 Å². The SMILES string of the molecule is O=C(NCc1ccccc1-c1ccc(CN2CCCC2=O)cc1)c1ccc2c(c1)OCO2. The van der Waals surface area contributed by atoms with Crippen LogP contribution in [0.15, 0.2) is 66.7 Å². The molecule has 32 heavy (non-hydrogen) atoms. The van der Waals surface area contributed by atoms with Crippen molar-refractivity contribution in [3.63, 3.8) is 0 Å². The van der Waals surface area contributed by atoms with Crippen molar-refractivity contribution in [2.75, 3.05) is 13.3 Å². The summed E-state index contributed by atoms with van der Waals surface area (Å²) in [5, 5.41) is 3.00. The number of nitrogens with zero attached hydrogens (tertiary/aromatic N) is 1. The van der Waals surface area contributed by atoms with E-state index >= 15 is 0 Å². The molecule has 1 N–H and O–H groups in total. The highest BCUT2D eigenvalue weighted by molar-refractivity contribution is 5.95. The fraction of sp³-hybridized carbons (Fsp3) is 0.231. The summed E-state index contributed by atoms with van der Waals surface area (Å²) < 4.78 is 10.7. The summed E-state index contributed by atoms with van der Waals surface area (Å²) in [6.45, 7) is 2.09. The maximum Gasteiger partial charge on any atom is 0.251 e. The zero-order valence-electron chi connectivity index (χ0n) is 17.7. The maximum absolute atomic E-state index is 12.7. The van der Waals surface area contributed by atoms with Crippen LogP contribution in [0.4, 0.5) is 0 Å². The van der Waals surface area contributed by atoms with Crippen LogP contribution in [0.5, 0.6) is 11.5 Å². The van der Waals surface area contributed by atoms with Crippen molar-refractivity contribution in [3.8, 4) is 22.6 Å². The number of nitrogens with one attached hydrogen (secondary N) is 1. The molecule has 162 valence electrons. The average molecular weight is 428 g/mol. The Morgan fingerprint density at radius 3 is 2.59 bits per heavy atom. The molecule has 0 aliphatic carbocycles. The van der Waals surface area contributed by atoms with Gasteiger partial charge in [-0.25, -0.2) is 0 Å². The van der Waals surface area contributed by atoms with E-state index in [0.29, 0.717) is 36.6 Å². The molecule has 0 radical (unpaired) electrons. The van der Waals surface area contributed by atoms with Crippen molar-refractivity contribution < 1.29 is 19.1 Å². The molecule has 2 amide bonds. The van der Waals surface area contributed by atoms with E-state index in [1.165, 1.54) is 0 Å². The third-order valence-corrected chi connectivity index (χ3v) is 5.90. The van der Waals surface area contributed by atoms with Gasteiger partial charge in [-0.3, -0.25) is 9.59 Å². The first-order valence-corrected chi connectivity index (χ1v) is 10.8. The zero-order valence-corrected chi connectivity index (χ0v) is 17.7. The van der Waals surface area contributed by atoms with Gasteiger partial charge in [-0.1, -0.05) is 48.5 Å². The van der Waals surface area contributed by atoms with Crippen LogP contribution < -0.4 is 14.8 Å². The summed E-state index contributed by atoms with van der Waals surface area (Å²) in [6.07, 6.45) is 1.60. The van der Waals surface area contributed by atoms with Gasteiger partial charge < -0.3 is 19.7 Å². The van der Waals surface area contributed by atoms with E-state index in [2.05, 4.69) is 35.6 Å². The number of likely N-dealkylation sites (tertiary alicyclic amines) is 1. The summed E-state index contributed by atoms with van der Waals surface area (Å²) >= 11 is 0. The number of ether oxygens (including phenoxy) is 2. The Bertz CT molecular complexity index is 1160. The molecule has 0 bridgehead atoms. The van der Waals surface area contributed by atoms with Crippen LogP contribution >= 0.6 is 0 Å². The predicted octanol–water partition coefficient (Wildman–Crippen LogP) is 4.13. The van der Waals surface area contributed by atoms with Crippen LogP contribution in [0, 0.1) is 0 Å². The molecule has 2 aliphatic heterocycles. The number of amides is 2. The minimum Gasteiger partial charge on any atom is -0.454 e. The molecule has 0 saturated carbocycles. The number of hydrogen-bond acceptors (Lipinski definition) is 4. The van der Waals surface area contributed by atoms with Crippen molar-refractivity contribution in [1.82, 2.24) is 10.2 Å². The van der Waals surface area contributed by atoms with E-state index in [1.807, 2.05) is 23.1 Å². The van der Waals surface area contributed by atoms with E-state index in [4.69, 9.17) is 9.47 Å². The van der Waals surface area contributed by atoms with Gasteiger partial charge in [0.05, 0.1) is 0 Å². The van der Waals surface area contributed by atoms with Crippen molar-refractivity contribution in [2.45, 2.75) is 25.9 Å². The Labute approximate surface area is 186 Å². The third-order valence-electron chi connectivity index (χ3n) is 5.90. The lowest BCUT2D eigenvalue weighted by Crippen LogP contribution is -2.23. The number of rotatable bonds is 6.